The van der Waals surface area contributed by atoms with Crippen LogP contribution in [0.4, 0.5) is 0 Å². The summed E-state index contributed by atoms with van der Waals surface area (Å²) in [5, 5.41) is 0. The standard InChI is InChI=1S/4Na.2H2O6S2.2H2O/c;;;;2*1-7(2,3)8(4,5)6;;/h;;;;2*(H,1,2,3)(H,4,5,6);2*1H2/q4*+1;;;;/p-4. The maximum Gasteiger partial charge on any atom is 1.00 e. The van der Waals surface area contributed by atoms with Gasteiger partial charge in [-0.1, -0.05) is 0 Å². The minimum Gasteiger partial charge on any atom is -0.736 e. The Bertz CT molecular complexity index is 514. The maximum absolute atomic E-state index is 9.20. The van der Waals surface area contributed by atoms with Crippen LogP contribution in [0, 0.1) is 0 Å². The number of hydrogen-bond donors (Lipinski definition) is 0. The molecule has 0 heterocycles. The quantitative estimate of drug-likeness (QED) is 0.216. The Morgan fingerprint density at radius 2 is 0.409 bits per heavy atom. The molecule has 116 valence electrons. The summed E-state index contributed by atoms with van der Waals surface area (Å²) >= 11 is 0. The molecule has 0 saturated heterocycles. The Morgan fingerprint density at radius 1 is 0.364 bits per heavy atom. The van der Waals surface area contributed by atoms with E-state index in [-0.39, 0.29) is 129 Å². The zero-order valence-electron chi connectivity index (χ0n) is 11.5. The van der Waals surface area contributed by atoms with Crippen molar-refractivity contribution < 1.29 is 181 Å². The van der Waals surface area contributed by atoms with Gasteiger partial charge in [-0.05, 0) is 0 Å². The van der Waals surface area contributed by atoms with Crippen LogP contribution in [-0.4, -0.2) is 62.8 Å². The van der Waals surface area contributed by atoms with E-state index in [1.165, 1.54) is 0 Å². The van der Waals surface area contributed by atoms with Crippen LogP contribution in [0.3, 0.4) is 0 Å². The Kier molecular flexibility index (Phi) is 40.8. The molecular weight excluding hydrogens is 444 g/mol. The van der Waals surface area contributed by atoms with Crippen molar-refractivity contribution >= 4 is 36.6 Å². The van der Waals surface area contributed by atoms with Crippen LogP contribution < -0.4 is 118 Å². The molecule has 0 aliphatic carbocycles. The molecule has 0 radical (unpaired) electrons. The summed E-state index contributed by atoms with van der Waals surface area (Å²) in [6.07, 6.45) is 0. The second kappa shape index (κ2) is 17.9. The molecule has 4 N–H and O–H groups in total. The van der Waals surface area contributed by atoms with Crippen LogP contribution in [0.15, 0.2) is 0 Å². The number of hydrogen-bond acceptors (Lipinski definition) is 12. The fraction of sp³-hybridized carbons (Fsp3) is 0. The molecule has 0 amide bonds. The van der Waals surface area contributed by atoms with E-state index < -0.39 is 36.6 Å². The molecule has 0 saturated carbocycles. The molecule has 0 spiro atoms. The van der Waals surface area contributed by atoms with E-state index in [2.05, 4.69) is 0 Å². The fourth-order valence-electron chi connectivity index (χ4n) is 0. The van der Waals surface area contributed by atoms with Crippen molar-refractivity contribution in [2.75, 3.05) is 0 Å². The summed E-state index contributed by atoms with van der Waals surface area (Å²) in [5.74, 6) is 0. The van der Waals surface area contributed by atoms with Crippen molar-refractivity contribution in [2.24, 2.45) is 0 Å². The first-order valence-electron chi connectivity index (χ1n) is 2.33. The fourth-order valence-corrected chi connectivity index (χ4v) is 0. The normalized spacial score (nSPS) is 10.0. The van der Waals surface area contributed by atoms with Gasteiger partial charge in [-0.15, -0.1) is 0 Å². The van der Waals surface area contributed by atoms with E-state index in [9.17, 15) is 51.9 Å². The Balaban J connectivity index is -0.0000000233. The van der Waals surface area contributed by atoms with Gasteiger partial charge in [0.2, 0.25) is 0 Å². The first-order chi connectivity index (χ1) is 6.50. The van der Waals surface area contributed by atoms with Gasteiger partial charge in [-0.3, -0.25) is 0 Å². The zero-order valence-corrected chi connectivity index (χ0v) is 22.8. The van der Waals surface area contributed by atoms with Crippen molar-refractivity contribution in [2.45, 2.75) is 0 Å². The van der Waals surface area contributed by atoms with Crippen molar-refractivity contribution in [3.63, 3.8) is 0 Å². The van der Waals surface area contributed by atoms with Gasteiger partial charge < -0.3 is 29.2 Å². The summed E-state index contributed by atoms with van der Waals surface area (Å²) in [6.45, 7) is 0. The molecule has 0 atom stereocenters. The van der Waals surface area contributed by atoms with Crippen molar-refractivity contribution in [1.82, 2.24) is 0 Å². The summed E-state index contributed by atoms with van der Waals surface area (Å²) in [5.41, 5.74) is 0. The Hall–Kier alpha value is 3.56. The average Bonchev–Trinajstić information content (AvgIpc) is 1.77. The molecule has 14 nitrogen and oxygen atoms in total. The molecule has 0 aliphatic rings. The summed E-state index contributed by atoms with van der Waals surface area (Å²) in [7, 11) is -22.7. The molecule has 0 aliphatic heterocycles. The van der Waals surface area contributed by atoms with Gasteiger partial charge in [0.15, 0.2) is 36.6 Å². The third kappa shape index (κ3) is 25.8. The van der Waals surface area contributed by atoms with Crippen LogP contribution in [0.5, 0.6) is 0 Å². The van der Waals surface area contributed by atoms with Crippen LogP contribution in [0.25, 0.3) is 0 Å². The molecule has 0 aromatic heterocycles. The maximum atomic E-state index is 9.20. The predicted octanol–water partition coefficient (Wildman–Crippen LogP) is -17.6. The van der Waals surface area contributed by atoms with Gasteiger partial charge in [0.1, 0.15) is 0 Å². The Morgan fingerprint density at radius 3 is 0.409 bits per heavy atom. The second-order valence-corrected chi connectivity index (χ2v) is 9.80. The van der Waals surface area contributed by atoms with Gasteiger partial charge in [0.25, 0.3) is 0 Å². The third-order valence-electron chi connectivity index (χ3n) is 0.500. The van der Waals surface area contributed by atoms with Crippen LogP contribution in [0.2, 0.25) is 0 Å². The van der Waals surface area contributed by atoms with Gasteiger partial charge in [0, 0.05) is 0 Å². The first kappa shape index (κ1) is 50.0. The van der Waals surface area contributed by atoms with Gasteiger partial charge in [-0.25, -0.2) is 33.7 Å². The molecular formula is H4Na4O14S4. The Labute approximate surface area is 213 Å². The van der Waals surface area contributed by atoms with E-state index in [0.29, 0.717) is 0 Å². The monoisotopic (exact) mass is 448 g/mol. The average molecular weight is 448 g/mol. The molecule has 0 bridgehead atoms. The van der Waals surface area contributed by atoms with Crippen LogP contribution in [0.1, 0.15) is 0 Å². The topological polar surface area (TPSA) is 292 Å². The van der Waals surface area contributed by atoms with Gasteiger partial charge in [0.05, 0.1) is 0 Å². The third-order valence-corrected chi connectivity index (χ3v) is 4.50. The van der Waals surface area contributed by atoms with E-state index >= 15 is 0 Å². The second-order valence-electron chi connectivity index (χ2n) is 1.63. The molecule has 0 aromatic carbocycles. The summed E-state index contributed by atoms with van der Waals surface area (Å²) < 4.78 is 110. The van der Waals surface area contributed by atoms with E-state index in [0.717, 1.165) is 0 Å². The molecule has 0 fully saturated rings. The molecule has 22 heteroatoms. The summed E-state index contributed by atoms with van der Waals surface area (Å²) in [4.78, 5) is 0. The van der Waals surface area contributed by atoms with Crippen molar-refractivity contribution in [1.29, 1.82) is 0 Å². The molecule has 0 rings (SSSR count). The van der Waals surface area contributed by atoms with E-state index in [4.69, 9.17) is 0 Å². The van der Waals surface area contributed by atoms with Crippen molar-refractivity contribution in [3.05, 3.63) is 0 Å². The predicted molar refractivity (Wildman–Crippen MR) is 46.0 cm³/mol. The largest absolute Gasteiger partial charge is 1.00 e. The minimum absolute atomic E-state index is 0. The SMILES string of the molecule is O.O.O=S(=O)([O-])S(=O)(=O)[O-].O=S(=O)([O-])S(=O)(=O)[O-].[Na+].[Na+].[Na+].[Na+]. The first-order valence-corrected chi connectivity index (χ1v) is 9.00. The van der Waals surface area contributed by atoms with E-state index in [1.807, 2.05) is 0 Å². The van der Waals surface area contributed by atoms with Crippen LogP contribution in [-0.2, 0) is 36.6 Å². The van der Waals surface area contributed by atoms with Gasteiger partial charge in [-0.2, -0.15) is 0 Å². The minimum atomic E-state index is -5.67. The molecule has 0 unspecified atom stereocenters. The smallest absolute Gasteiger partial charge is 0.736 e. The van der Waals surface area contributed by atoms with Crippen LogP contribution >= 0.6 is 0 Å². The van der Waals surface area contributed by atoms with Gasteiger partial charge >= 0.3 is 118 Å². The number of rotatable bonds is 2. The summed E-state index contributed by atoms with van der Waals surface area (Å²) in [6, 6.07) is 0. The molecule has 22 heavy (non-hydrogen) atoms. The molecule has 0 aromatic rings. The van der Waals surface area contributed by atoms with Crippen molar-refractivity contribution in [3.8, 4) is 0 Å². The zero-order chi connectivity index (χ0) is 14.0. The van der Waals surface area contributed by atoms with E-state index in [1.54, 1.807) is 0 Å².